The lowest BCUT2D eigenvalue weighted by molar-refractivity contribution is 0.0697. The third kappa shape index (κ3) is 4.78. The molecule has 21 heavy (non-hydrogen) atoms. The molecule has 2 aromatic rings. The quantitative estimate of drug-likeness (QED) is 0.877. The van der Waals surface area contributed by atoms with Crippen LogP contribution in [0.2, 0.25) is 0 Å². The van der Waals surface area contributed by atoms with Crippen molar-refractivity contribution >= 4 is 5.97 Å². The molecule has 0 saturated carbocycles. The number of ether oxygens (including phenoxy) is 1. The van der Waals surface area contributed by atoms with Gasteiger partial charge in [0.15, 0.2) is 0 Å². The minimum atomic E-state index is -0.961. The summed E-state index contributed by atoms with van der Waals surface area (Å²) in [5.74, 6) is 10.8. The standard InChI is InChI=1S/C18H12O3/c19-18(20)16-10-12-17(13-11-16)21-14-6-2-5-9-15-7-3-1-4-8-15/h1,3-4,7-8,10-13H,14H2,(H,19,20). The maximum absolute atomic E-state index is 10.7. The fourth-order valence-corrected chi connectivity index (χ4v) is 1.52. The molecule has 0 unspecified atom stereocenters. The number of benzene rings is 2. The third-order valence-corrected chi connectivity index (χ3v) is 2.54. The van der Waals surface area contributed by atoms with Crippen LogP contribution in [-0.4, -0.2) is 17.7 Å². The number of hydrogen-bond donors (Lipinski definition) is 1. The number of rotatable bonds is 3. The predicted octanol–water partition coefficient (Wildman–Crippen LogP) is 2.82. The van der Waals surface area contributed by atoms with E-state index in [1.54, 1.807) is 12.1 Å². The Kier molecular flexibility index (Phi) is 5.04. The van der Waals surface area contributed by atoms with Crippen LogP contribution in [0.4, 0.5) is 0 Å². The van der Waals surface area contributed by atoms with Crippen LogP contribution >= 0.6 is 0 Å². The fraction of sp³-hybridized carbons (Fsp3) is 0.0556. The van der Waals surface area contributed by atoms with E-state index in [-0.39, 0.29) is 12.2 Å². The molecule has 0 radical (unpaired) electrons. The monoisotopic (exact) mass is 276 g/mol. The van der Waals surface area contributed by atoms with Crippen LogP contribution in [0.3, 0.4) is 0 Å². The average molecular weight is 276 g/mol. The molecule has 2 aromatic carbocycles. The minimum Gasteiger partial charge on any atom is -0.481 e. The van der Waals surface area contributed by atoms with Crippen LogP contribution < -0.4 is 4.74 Å². The first-order chi connectivity index (χ1) is 10.3. The summed E-state index contributed by atoms with van der Waals surface area (Å²) in [5.41, 5.74) is 1.14. The van der Waals surface area contributed by atoms with Gasteiger partial charge >= 0.3 is 5.97 Å². The van der Waals surface area contributed by atoms with Crippen molar-refractivity contribution in [3.63, 3.8) is 0 Å². The topological polar surface area (TPSA) is 46.5 Å². The molecular weight excluding hydrogens is 264 g/mol. The minimum absolute atomic E-state index is 0.204. The number of aromatic carboxylic acids is 1. The summed E-state index contributed by atoms with van der Waals surface area (Å²) < 4.78 is 5.36. The molecule has 3 heteroatoms. The average Bonchev–Trinajstić information content (AvgIpc) is 2.52. The molecule has 0 fully saturated rings. The number of carboxylic acid groups (broad SMARTS) is 1. The molecule has 102 valence electrons. The molecule has 2 rings (SSSR count). The first-order valence-corrected chi connectivity index (χ1v) is 6.26. The zero-order valence-electron chi connectivity index (χ0n) is 11.2. The zero-order valence-corrected chi connectivity index (χ0v) is 11.2. The van der Waals surface area contributed by atoms with Crippen LogP contribution in [-0.2, 0) is 0 Å². The van der Waals surface area contributed by atoms with Crippen molar-refractivity contribution in [1.29, 1.82) is 0 Å². The Morgan fingerprint density at radius 2 is 1.71 bits per heavy atom. The number of carbonyl (C=O) groups is 1. The summed E-state index contributed by atoms with van der Waals surface area (Å²) in [5, 5.41) is 8.76. The predicted molar refractivity (Wildman–Crippen MR) is 80.0 cm³/mol. The third-order valence-electron chi connectivity index (χ3n) is 2.54. The van der Waals surface area contributed by atoms with Crippen LogP contribution in [0.15, 0.2) is 54.6 Å². The van der Waals surface area contributed by atoms with Crippen molar-refractivity contribution in [1.82, 2.24) is 0 Å². The van der Waals surface area contributed by atoms with Gasteiger partial charge in [0, 0.05) is 5.56 Å². The highest BCUT2D eigenvalue weighted by atomic mass is 16.5. The SMILES string of the molecule is O=C(O)c1ccc(OCC#CC#Cc2ccccc2)cc1. The van der Waals surface area contributed by atoms with Crippen LogP contribution in [0, 0.1) is 23.7 Å². The van der Waals surface area contributed by atoms with Gasteiger partial charge in [0.2, 0.25) is 0 Å². The maximum atomic E-state index is 10.7. The van der Waals surface area contributed by atoms with Crippen molar-refractivity contribution < 1.29 is 14.6 Å². The first-order valence-electron chi connectivity index (χ1n) is 6.26. The van der Waals surface area contributed by atoms with E-state index < -0.39 is 5.97 Å². The van der Waals surface area contributed by atoms with Crippen molar-refractivity contribution in [3.05, 3.63) is 65.7 Å². The Labute approximate surface area is 123 Å². The lowest BCUT2D eigenvalue weighted by Gasteiger charge is -2.01. The van der Waals surface area contributed by atoms with E-state index in [2.05, 4.69) is 23.7 Å². The zero-order chi connectivity index (χ0) is 14.9. The summed E-state index contributed by atoms with van der Waals surface area (Å²) >= 11 is 0. The molecule has 3 nitrogen and oxygen atoms in total. The number of hydrogen-bond acceptors (Lipinski definition) is 2. The van der Waals surface area contributed by atoms with E-state index >= 15 is 0 Å². The van der Waals surface area contributed by atoms with Crippen molar-refractivity contribution in [2.24, 2.45) is 0 Å². The Morgan fingerprint density at radius 3 is 2.38 bits per heavy atom. The Hall–Kier alpha value is -3.17. The van der Waals surface area contributed by atoms with E-state index in [4.69, 9.17) is 9.84 Å². The maximum Gasteiger partial charge on any atom is 0.335 e. The smallest absolute Gasteiger partial charge is 0.335 e. The van der Waals surface area contributed by atoms with E-state index in [9.17, 15) is 4.79 Å². The van der Waals surface area contributed by atoms with Gasteiger partial charge in [-0.3, -0.25) is 0 Å². The highest BCUT2D eigenvalue weighted by molar-refractivity contribution is 5.87. The molecule has 0 amide bonds. The van der Waals surface area contributed by atoms with E-state index in [0.717, 1.165) is 5.56 Å². The van der Waals surface area contributed by atoms with E-state index in [1.807, 2.05) is 30.3 Å². The molecule has 0 aliphatic carbocycles. The Balaban J connectivity index is 1.84. The lowest BCUT2D eigenvalue weighted by Crippen LogP contribution is -1.97. The van der Waals surface area contributed by atoms with Gasteiger partial charge in [0.05, 0.1) is 5.56 Å². The molecule has 1 N–H and O–H groups in total. The molecule has 0 saturated heterocycles. The lowest BCUT2D eigenvalue weighted by atomic mass is 10.2. The molecule has 0 atom stereocenters. The molecule has 0 aromatic heterocycles. The van der Waals surface area contributed by atoms with Gasteiger partial charge < -0.3 is 9.84 Å². The Bertz CT molecular complexity index is 723. The Morgan fingerprint density at radius 1 is 1.00 bits per heavy atom. The first kappa shape index (κ1) is 14.2. The summed E-state index contributed by atoms with van der Waals surface area (Å²) in [7, 11) is 0. The second-order valence-corrected chi connectivity index (χ2v) is 4.04. The number of carboxylic acids is 1. The molecular formula is C18H12O3. The fourth-order valence-electron chi connectivity index (χ4n) is 1.52. The van der Waals surface area contributed by atoms with Crippen LogP contribution in [0.5, 0.6) is 5.75 Å². The second kappa shape index (κ2) is 7.43. The highest BCUT2D eigenvalue weighted by Crippen LogP contribution is 2.11. The van der Waals surface area contributed by atoms with Gasteiger partial charge in [-0.15, -0.1) is 0 Å². The molecule has 0 heterocycles. The van der Waals surface area contributed by atoms with Crippen LogP contribution in [0.1, 0.15) is 15.9 Å². The summed E-state index contributed by atoms with van der Waals surface area (Å²) in [6.45, 7) is 0.204. The summed E-state index contributed by atoms with van der Waals surface area (Å²) in [6.07, 6.45) is 0. The van der Waals surface area contributed by atoms with Gasteiger partial charge in [0.1, 0.15) is 12.4 Å². The normalized spacial score (nSPS) is 8.76. The van der Waals surface area contributed by atoms with Gasteiger partial charge in [-0.05, 0) is 54.2 Å². The molecule has 0 bridgehead atoms. The van der Waals surface area contributed by atoms with Crippen molar-refractivity contribution in [2.75, 3.05) is 6.61 Å². The van der Waals surface area contributed by atoms with E-state index in [1.165, 1.54) is 12.1 Å². The summed E-state index contributed by atoms with van der Waals surface area (Å²) in [4.78, 5) is 10.7. The van der Waals surface area contributed by atoms with E-state index in [0.29, 0.717) is 5.75 Å². The highest BCUT2D eigenvalue weighted by Gasteiger charge is 2.01. The molecule has 0 aliphatic heterocycles. The van der Waals surface area contributed by atoms with Gasteiger partial charge in [0.25, 0.3) is 0 Å². The van der Waals surface area contributed by atoms with Gasteiger partial charge in [-0.2, -0.15) is 0 Å². The van der Waals surface area contributed by atoms with Crippen LogP contribution in [0.25, 0.3) is 0 Å². The van der Waals surface area contributed by atoms with Crippen molar-refractivity contribution in [3.8, 4) is 29.4 Å². The second-order valence-electron chi connectivity index (χ2n) is 4.04. The van der Waals surface area contributed by atoms with Gasteiger partial charge in [-0.1, -0.05) is 24.1 Å². The van der Waals surface area contributed by atoms with Gasteiger partial charge in [-0.25, -0.2) is 4.79 Å². The summed E-state index contributed by atoms with van der Waals surface area (Å²) in [6, 6.07) is 15.8. The molecule has 0 spiro atoms. The largest absolute Gasteiger partial charge is 0.481 e. The molecule has 0 aliphatic rings. The van der Waals surface area contributed by atoms with Crippen molar-refractivity contribution in [2.45, 2.75) is 0 Å².